The maximum Gasteiger partial charge on any atom is 0.276 e. The summed E-state index contributed by atoms with van der Waals surface area (Å²) in [5, 5.41) is 3.46. The minimum absolute atomic E-state index is 0.137. The molecule has 0 radical (unpaired) electrons. The molecule has 18 heavy (non-hydrogen) atoms. The molecule has 6 nitrogen and oxygen atoms in total. The van der Waals surface area contributed by atoms with Crippen LogP contribution in [0.1, 0.15) is 21.7 Å². The van der Waals surface area contributed by atoms with Gasteiger partial charge in [-0.2, -0.15) is 0 Å². The molecule has 0 aliphatic carbocycles. The van der Waals surface area contributed by atoms with E-state index in [-0.39, 0.29) is 22.1 Å². The number of hydrogen-bond acceptors (Lipinski definition) is 5. The fourth-order valence-corrected chi connectivity index (χ4v) is 2.73. The summed E-state index contributed by atoms with van der Waals surface area (Å²) in [6.07, 6.45) is 1.22. The first-order chi connectivity index (χ1) is 8.32. The molecule has 0 saturated carbocycles. The molecular weight excluding hydrogens is 280 g/mol. The Hall–Kier alpha value is -1.60. The van der Waals surface area contributed by atoms with Crippen molar-refractivity contribution >= 4 is 25.5 Å². The molecule has 8 heteroatoms. The lowest BCUT2D eigenvalue weighted by Crippen LogP contribution is -2.10. The van der Waals surface area contributed by atoms with Crippen LogP contribution in [0.3, 0.4) is 0 Å². The molecule has 0 aliphatic heterocycles. The zero-order valence-corrected chi connectivity index (χ0v) is 11.1. The molecule has 0 bridgehead atoms. The molecule has 2 aromatic heterocycles. The van der Waals surface area contributed by atoms with E-state index >= 15 is 0 Å². The third-order valence-corrected chi connectivity index (χ3v) is 3.94. The number of nitrogens with zero attached hydrogens (tertiary/aromatic N) is 2. The molecule has 0 N–H and O–H groups in total. The van der Waals surface area contributed by atoms with Gasteiger partial charge in [0, 0.05) is 17.7 Å². The zero-order chi connectivity index (χ0) is 13.5. The van der Waals surface area contributed by atoms with Crippen LogP contribution in [0.25, 0.3) is 0 Å². The van der Waals surface area contributed by atoms with Gasteiger partial charge >= 0.3 is 0 Å². The first-order valence-electron chi connectivity index (χ1n) is 4.88. The van der Waals surface area contributed by atoms with Crippen LogP contribution in [0.4, 0.5) is 0 Å². The van der Waals surface area contributed by atoms with E-state index in [1.807, 2.05) is 0 Å². The number of halogens is 1. The van der Waals surface area contributed by atoms with Gasteiger partial charge in [-0.15, -0.1) is 0 Å². The Balaban J connectivity index is 2.52. The quantitative estimate of drug-likeness (QED) is 0.631. The number of ketones is 1. The summed E-state index contributed by atoms with van der Waals surface area (Å²) in [7, 11) is 2.82. The minimum atomic E-state index is -3.88. The Morgan fingerprint density at radius 2 is 2.11 bits per heavy atom. The van der Waals surface area contributed by atoms with E-state index in [9.17, 15) is 13.2 Å². The predicted molar refractivity (Wildman–Crippen MR) is 63.1 cm³/mol. The van der Waals surface area contributed by atoms with Crippen molar-refractivity contribution in [1.82, 2.24) is 9.72 Å². The van der Waals surface area contributed by atoms with Crippen molar-refractivity contribution in [1.29, 1.82) is 0 Å². The van der Waals surface area contributed by atoms with Crippen molar-refractivity contribution in [3.8, 4) is 0 Å². The van der Waals surface area contributed by atoms with Gasteiger partial charge in [0.05, 0.1) is 17.0 Å². The molecule has 2 aromatic rings. The molecular formula is C10H9ClN2O4S. The summed E-state index contributed by atoms with van der Waals surface area (Å²) < 4.78 is 28.4. The fourth-order valence-electron chi connectivity index (χ4n) is 1.61. The molecule has 0 saturated heterocycles. The monoisotopic (exact) mass is 288 g/mol. The second-order valence-electron chi connectivity index (χ2n) is 3.70. The van der Waals surface area contributed by atoms with Crippen LogP contribution in [-0.4, -0.2) is 23.9 Å². The van der Waals surface area contributed by atoms with Gasteiger partial charge in [0.15, 0.2) is 5.03 Å². The van der Waals surface area contributed by atoms with Crippen molar-refractivity contribution in [3.63, 3.8) is 0 Å². The van der Waals surface area contributed by atoms with Crippen LogP contribution < -0.4 is 0 Å². The summed E-state index contributed by atoms with van der Waals surface area (Å²) in [4.78, 5) is 12.1. The van der Waals surface area contributed by atoms with Gasteiger partial charge in [-0.25, -0.2) is 8.42 Å². The maximum absolute atomic E-state index is 12.1. The van der Waals surface area contributed by atoms with Crippen molar-refractivity contribution in [2.24, 2.45) is 7.05 Å². The Morgan fingerprint density at radius 1 is 1.44 bits per heavy atom. The minimum Gasteiger partial charge on any atom is -0.364 e. The molecule has 0 aliphatic rings. The highest BCUT2D eigenvalue weighted by atomic mass is 35.7. The van der Waals surface area contributed by atoms with Gasteiger partial charge in [0.2, 0.25) is 5.78 Å². The average Bonchev–Trinajstić information content (AvgIpc) is 2.82. The molecule has 96 valence electrons. The van der Waals surface area contributed by atoms with E-state index < -0.39 is 9.05 Å². The lowest BCUT2D eigenvalue weighted by molar-refractivity contribution is 0.102. The van der Waals surface area contributed by atoms with E-state index in [1.54, 1.807) is 6.92 Å². The van der Waals surface area contributed by atoms with Crippen molar-refractivity contribution in [3.05, 3.63) is 35.3 Å². The topological polar surface area (TPSA) is 82.2 Å². The van der Waals surface area contributed by atoms with E-state index in [4.69, 9.17) is 10.7 Å². The molecule has 0 spiro atoms. The summed E-state index contributed by atoms with van der Waals surface area (Å²) in [6.45, 7) is 1.62. The number of rotatable bonds is 3. The fraction of sp³-hybridized carbons (Fsp3) is 0.200. The Labute approximate surface area is 108 Å². The van der Waals surface area contributed by atoms with Gasteiger partial charge in [-0.05, 0) is 19.1 Å². The predicted octanol–water partition coefficient (Wildman–Crippen LogP) is 1.48. The van der Waals surface area contributed by atoms with Crippen molar-refractivity contribution in [2.45, 2.75) is 11.9 Å². The normalized spacial score (nSPS) is 11.7. The number of carbonyl (C=O) groups is 1. The summed E-state index contributed by atoms with van der Waals surface area (Å²) in [5.41, 5.74) is 0.923. The van der Waals surface area contributed by atoms with Crippen LogP contribution in [-0.2, 0) is 16.1 Å². The molecule has 2 heterocycles. The lowest BCUT2D eigenvalue weighted by atomic mass is 10.1. The lowest BCUT2D eigenvalue weighted by Gasteiger charge is -2.03. The van der Waals surface area contributed by atoms with Gasteiger partial charge in [-0.1, -0.05) is 5.16 Å². The number of carbonyl (C=O) groups excluding carboxylic acids is 1. The highest BCUT2D eigenvalue weighted by molar-refractivity contribution is 8.13. The average molecular weight is 289 g/mol. The Morgan fingerprint density at radius 3 is 2.56 bits per heavy atom. The Kier molecular flexibility index (Phi) is 3.04. The van der Waals surface area contributed by atoms with Crippen LogP contribution >= 0.6 is 10.7 Å². The molecule has 0 fully saturated rings. The smallest absolute Gasteiger partial charge is 0.276 e. The second-order valence-corrected chi connectivity index (χ2v) is 6.21. The molecule has 0 amide bonds. The van der Waals surface area contributed by atoms with Gasteiger partial charge in [0.1, 0.15) is 6.26 Å². The summed E-state index contributed by atoms with van der Waals surface area (Å²) in [6, 6.07) is 2.67. The van der Waals surface area contributed by atoms with Crippen molar-refractivity contribution in [2.75, 3.05) is 0 Å². The highest BCUT2D eigenvalue weighted by Crippen LogP contribution is 2.20. The first kappa shape index (κ1) is 12.8. The van der Waals surface area contributed by atoms with Crippen LogP contribution in [0.15, 0.2) is 27.9 Å². The largest absolute Gasteiger partial charge is 0.364 e. The van der Waals surface area contributed by atoms with Crippen LogP contribution in [0, 0.1) is 6.92 Å². The maximum atomic E-state index is 12.1. The third kappa shape index (κ3) is 2.06. The van der Waals surface area contributed by atoms with E-state index in [0.29, 0.717) is 5.69 Å². The summed E-state index contributed by atoms with van der Waals surface area (Å²) in [5.74, 6) is -0.372. The second kappa shape index (κ2) is 4.25. The Bertz CT molecular complexity index is 714. The van der Waals surface area contributed by atoms with E-state index in [1.165, 1.54) is 30.0 Å². The third-order valence-electron chi connectivity index (χ3n) is 2.55. The van der Waals surface area contributed by atoms with Crippen molar-refractivity contribution < 1.29 is 17.7 Å². The molecule has 0 aromatic carbocycles. The first-order valence-corrected chi connectivity index (χ1v) is 7.19. The SMILES string of the molecule is Cc1nocc1C(=O)c1ccc(S(=O)(=O)Cl)n1C. The number of aromatic nitrogens is 2. The summed E-state index contributed by atoms with van der Waals surface area (Å²) >= 11 is 0. The standard InChI is InChI=1S/C10H9ClN2O4S/c1-6-7(5-17-12-6)10(14)8-3-4-9(13(8)2)18(11,15)16/h3-5H,1-2H3. The van der Waals surface area contributed by atoms with Crippen LogP contribution in [0.2, 0.25) is 0 Å². The number of aryl methyl sites for hydroxylation is 1. The zero-order valence-electron chi connectivity index (χ0n) is 9.55. The van der Waals surface area contributed by atoms with Crippen LogP contribution in [0.5, 0.6) is 0 Å². The molecule has 0 atom stereocenters. The molecule has 0 unspecified atom stereocenters. The van der Waals surface area contributed by atoms with E-state index in [0.717, 1.165) is 0 Å². The molecule has 2 rings (SSSR count). The van der Waals surface area contributed by atoms with Gasteiger partial charge in [0.25, 0.3) is 9.05 Å². The van der Waals surface area contributed by atoms with Gasteiger partial charge < -0.3 is 9.09 Å². The highest BCUT2D eigenvalue weighted by Gasteiger charge is 2.22. The number of hydrogen-bond donors (Lipinski definition) is 0. The van der Waals surface area contributed by atoms with E-state index in [2.05, 4.69) is 9.68 Å². The van der Waals surface area contributed by atoms with Gasteiger partial charge in [-0.3, -0.25) is 4.79 Å².